The van der Waals surface area contributed by atoms with Crippen molar-refractivity contribution < 1.29 is 4.79 Å². The van der Waals surface area contributed by atoms with Gasteiger partial charge in [0.25, 0.3) is 0 Å². The Morgan fingerprint density at radius 3 is 1.76 bits per heavy atom. The van der Waals surface area contributed by atoms with Gasteiger partial charge in [-0.1, -0.05) is 60.7 Å². The molecule has 0 aliphatic heterocycles. The predicted molar refractivity (Wildman–Crippen MR) is 79.0 cm³/mol. The van der Waals surface area contributed by atoms with E-state index in [2.05, 4.69) is 15.2 Å². The first-order valence-corrected chi connectivity index (χ1v) is 6.48. The van der Waals surface area contributed by atoms with Crippen LogP contribution in [0, 0.1) is 0 Å². The highest BCUT2D eigenvalue weighted by molar-refractivity contribution is 5.62. The van der Waals surface area contributed by atoms with Gasteiger partial charge in [0.15, 0.2) is 11.6 Å². The number of aliphatic imine (C=N–C) groups is 1. The summed E-state index contributed by atoms with van der Waals surface area (Å²) in [5.74, 6) is 1.35. The van der Waals surface area contributed by atoms with Crippen LogP contribution in [0.3, 0.4) is 0 Å². The molecule has 0 aliphatic rings. The zero-order valence-corrected chi connectivity index (χ0v) is 11.2. The fourth-order valence-electron chi connectivity index (χ4n) is 2.14. The molecule has 5 nitrogen and oxygen atoms in total. The van der Waals surface area contributed by atoms with Gasteiger partial charge in [0.1, 0.15) is 6.67 Å². The predicted octanol–water partition coefficient (Wildman–Crippen LogP) is 2.91. The number of carbonyl (C=O) groups excluding carboxylic acids is 1. The fraction of sp³-hybridized carbons (Fsp3) is 0.0625. The van der Waals surface area contributed by atoms with Gasteiger partial charge >= 0.3 is 0 Å². The summed E-state index contributed by atoms with van der Waals surface area (Å²) in [5, 5.41) is 8.48. The summed E-state index contributed by atoms with van der Waals surface area (Å²) in [6, 6.07) is 19.4. The van der Waals surface area contributed by atoms with E-state index in [0.29, 0.717) is 11.6 Å². The summed E-state index contributed by atoms with van der Waals surface area (Å²) < 4.78 is 1.80. The molecule has 3 aromatic rings. The lowest BCUT2D eigenvalue weighted by molar-refractivity contribution is 0.559. The molecule has 1 heterocycles. The van der Waals surface area contributed by atoms with E-state index in [9.17, 15) is 4.79 Å². The second-order valence-electron chi connectivity index (χ2n) is 4.40. The summed E-state index contributed by atoms with van der Waals surface area (Å²) in [7, 11) is 0. The molecule has 102 valence electrons. The van der Waals surface area contributed by atoms with Crippen LogP contribution >= 0.6 is 0 Å². The van der Waals surface area contributed by atoms with Crippen LogP contribution in [0.15, 0.2) is 65.7 Å². The van der Waals surface area contributed by atoms with Crippen molar-refractivity contribution in [2.75, 3.05) is 0 Å². The first kappa shape index (κ1) is 13.0. The Morgan fingerprint density at radius 2 is 1.33 bits per heavy atom. The highest BCUT2D eigenvalue weighted by Crippen LogP contribution is 2.24. The van der Waals surface area contributed by atoms with Crippen LogP contribution in [0.5, 0.6) is 0 Å². The van der Waals surface area contributed by atoms with Crippen LogP contribution in [-0.2, 0) is 11.5 Å². The molecule has 0 atom stereocenters. The molecule has 0 spiro atoms. The molecule has 0 fully saturated rings. The Bertz CT molecular complexity index is 718. The van der Waals surface area contributed by atoms with Crippen molar-refractivity contribution >= 4 is 6.08 Å². The average Bonchev–Trinajstić information content (AvgIpc) is 2.98. The van der Waals surface area contributed by atoms with Crippen molar-refractivity contribution in [2.45, 2.75) is 6.67 Å². The number of nitrogens with zero attached hydrogens (tertiary/aromatic N) is 4. The van der Waals surface area contributed by atoms with Crippen molar-refractivity contribution in [3.63, 3.8) is 0 Å². The largest absolute Gasteiger partial charge is 0.286 e. The standard InChI is InChI=1S/C16H12N4O/c21-12-17-11-20-15(13-7-3-1-4-8-13)18-19-16(20)14-9-5-2-6-10-14/h1-10H,11H2. The quantitative estimate of drug-likeness (QED) is 0.543. The molecule has 0 saturated heterocycles. The summed E-state index contributed by atoms with van der Waals surface area (Å²) in [6.07, 6.45) is 1.56. The number of hydrogen-bond acceptors (Lipinski definition) is 4. The van der Waals surface area contributed by atoms with E-state index in [1.54, 1.807) is 10.6 Å². The van der Waals surface area contributed by atoms with Crippen LogP contribution < -0.4 is 0 Å². The van der Waals surface area contributed by atoms with Gasteiger partial charge in [0.2, 0.25) is 6.08 Å². The van der Waals surface area contributed by atoms with Gasteiger partial charge in [-0.05, 0) is 0 Å². The molecule has 0 bridgehead atoms. The molecule has 0 unspecified atom stereocenters. The Hall–Kier alpha value is -3.04. The average molecular weight is 276 g/mol. The van der Waals surface area contributed by atoms with E-state index in [4.69, 9.17) is 0 Å². The van der Waals surface area contributed by atoms with Gasteiger partial charge in [-0.2, -0.15) is 4.99 Å². The minimum Gasteiger partial charge on any atom is -0.286 e. The molecular weight excluding hydrogens is 264 g/mol. The van der Waals surface area contributed by atoms with E-state index in [1.165, 1.54) is 0 Å². The molecule has 0 amide bonds. The maximum absolute atomic E-state index is 10.4. The Labute approximate surface area is 121 Å². The third-order valence-corrected chi connectivity index (χ3v) is 3.09. The Kier molecular flexibility index (Phi) is 3.67. The third kappa shape index (κ3) is 2.63. The zero-order chi connectivity index (χ0) is 14.5. The van der Waals surface area contributed by atoms with E-state index in [0.717, 1.165) is 11.1 Å². The van der Waals surface area contributed by atoms with Crippen molar-refractivity contribution in [3.05, 3.63) is 60.7 Å². The summed E-state index contributed by atoms with van der Waals surface area (Å²) in [5.41, 5.74) is 1.85. The SMILES string of the molecule is O=C=NCn1c(-c2ccccc2)nnc1-c1ccccc1. The highest BCUT2D eigenvalue weighted by atomic mass is 16.1. The molecule has 21 heavy (non-hydrogen) atoms. The normalized spacial score (nSPS) is 10.1. The maximum atomic E-state index is 10.4. The molecule has 0 saturated carbocycles. The number of rotatable bonds is 4. The first-order chi connectivity index (χ1) is 10.4. The molecule has 1 aromatic heterocycles. The summed E-state index contributed by atoms with van der Waals surface area (Å²) in [4.78, 5) is 14.1. The molecule has 0 radical (unpaired) electrons. The van der Waals surface area contributed by atoms with Crippen LogP contribution in [-0.4, -0.2) is 20.8 Å². The van der Waals surface area contributed by atoms with E-state index < -0.39 is 0 Å². The minimum absolute atomic E-state index is 0.144. The van der Waals surface area contributed by atoms with Gasteiger partial charge < -0.3 is 0 Å². The molecule has 3 rings (SSSR count). The molecule has 0 aliphatic carbocycles. The monoisotopic (exact) mass is 276 g/mol. The minimum atomic E-state index is 0.144. The smallest absolute Gasteiger partial charge is 0.236 e. The van der Waals surface area contributed by atoms with E-state index in [-0.39, 0.29) is 6.67 Å². The topological polar surface area (TPSA) is 60.1 Å². The van der Waals surface area contributed by atoms with Crippen molar-refractivity contribution in [3.8, 4) is 22.8 Å². The lowest BCUT2D eigenvalue weighted by Gasteiger charge is -2.06. The molecule has 5 heteroatoms. The molecule has 2 aromatic carbocycles. The summed E-state index contributed by atoms with van der Waals surface area (Å²) in [6.45, 7) is 0.144. The molecular formula is C16H12N4O. The van der Waals surface area contributed by atoms with Gasteiger partial charge in [-0.3, -0.25) is 4.57 Å². The highest BCUT2D eigenvalue weighted by Gasteiger charge is 2.14. The van der Waals surface area contributed by atoms with Crippen LogP contribution in [0.25, 0.3) is 22.8 Å². The van der Waals surface area contributed by atoms with Gasteiger partial charge in [0.05, 0.1) is 0 Å². The van der Waals surface area contributed by atoms with Crippen molar-refractivity contribution in [1.82, 2.24) is 14.8 Å². The lowest BCUT2D eigenvalue weighted by Crippen LogP contribution is -2.01. The van der Waals surface area contributed by atoms with Gasteiger partial charge in [0, 0.05) is 11.1 Å². The Morgan fingerprint density at radius 1 is 0.857 bits per heavy atom. The van der Waals surface area contributed by atoms with E-state index >= 15 is 0 Å². The van der Waals surface area contributed by atoms with Crippen LogP contribution in [0.4, 0.5) is 0 Å². The number of aromatic nitrogens is 3. The number of hydrogen-bond donors (Lipinski definition) is 0. The second-order valence-corrected chi connectivity index (χ2v) is 4.40. The van der Waals surface area contributed by atoms with Gasteiger partial charge in [-0.15, -0.1) is 10.2 Å². The number of isocyanates is 1. The Balaban J connectivity index is 2.14. The maximum Gasteiger partial charge on any atom is 0.236 e. The first-order valence-electron chi connectivity index (χ1n) is 6.48. The van der Waals surface area contributed by atoms with Gasteiger partial charge in [-0.25, -0.2) is 4.79 Å². The number of benzene rings is 2. The second kappa shape index (κ2) is 5.94. The van der Waals surface area contributed by atoms with E-state index in [1.807, 2.05) is 60.7 Å². The molecule has 0 N–H and O–H groups in total. The third-order valence-electron chi connectivity index (χ3n) is 3.09. The fourth-order valence-corrected chi connectivity index (χ4v) is 2.14. The lowest BCUT2D eigenvalue weighted by atomic mass is 10.2. The van der Waals surface area contributed by atoms with Crippen molar-refractivity contribution in [2.24, 2.45) is 4.99 Å². The van der Waals surface area contributed by atoms with Crippen molar-refractivity contribution in [1.29, 1.82) is 0 Å². The zero-order valence-electron chi connectivity index (χ0n) is 11.2. The summed E-state index contributed by atoms with van der Waals surface area (Å²) >= 11 is 0. The van der Waals surface area contributed by atoms with Crippen LogP contribution in [0.2, 0.25) is 0 Å². The van der Waals surface area contributed by atoms with Crippen LogP contribution in [0.1, 0.15) is 0 Å².